The van der Waals surface area contributed by atoms with Gasteiger partial charge in [-0.05, 0) is 35.4 Å². The van der Waals surface area contributed by atoms with Crippen molar-refractivity contribution in [3.63, 3.8) is 0 Å². The zero-order valence-electron chi connectivity index (χ0n) is 17.4. The lowest BCUT2D eigenvalue weighted by Crippen LogP contribution is -2.39. The minimum Gasteiger partial charge on any atom is -0.460 e. The van der Waals surface area contributed by atoms with Gasteiger partial charge < -0.3 is 14.2 Å². The number of imidazole rings is 1. The normalized spacial score (nSPS) is 12.5. The third-order valence-corrected chi connectivity index (χ3v) is 5.63. The van der Waals surface area contributed by atoms with Gasteiger partial charge in [0.15, 0.2) is 22.7 Å². The van der Waals surface area contributed by atoms with Crippen molar-refractivity contribution in [3.8, 4) is 17.5 Å². The number of aromatic nitrogens is 4. The predicted octanol–water partition coefficient (Wildman–Crippen LogP) is 2.44. The first-order valence-corrected chi connectivity index (χ1v) is 10.2. The van der Waals surface area contributed by atoms with E-state index in [0.29, 0.717) is 16.5 Å². The van der Waals surface area contributed by atoms with Crippen LogP contribution in [0.25, 0.3) is 11.2 Å². The van der Waals surface area contributed by atoms with Gasteiger partial charge in [0.1, 0.15) is 6.61 Å². The van der Waals surface area contributed by atoms with Gasteiger partial charge in [0, 0.05) is 19.1 Å². The first-order chi connectivity index (χ1) is 15.4. The van der Waals surface area contributed by atoms with Crippen molar-refractivity contribution in [2.45, 2.75) is 13.2 Å². The topological polar surface area (TPSA) is 89.5 Å². The van der Waals surface area contributed by atoms with Crippen LogP contribution in [-0.2, 0) is 27.2 Å². The summed E-state index contributed by atoms with van der Waals surface area (Å²) in [5.74, 6) is 1.34. The molecule has 10 heteroatoms. The van der Waals surface area contributed by atoms with Gasteiger partial charge in [-0.2, -0.15) is 4.98 Å². The molecule has 1 aliphatic rings. The molecule has 0 saturated heterocycles. The number of ether oxygens (including phenoxy) is 3. The Hall–Kier alpha value is -3.72. The molecule has 2 aromatic heterocycles. The zero-order chi connectivity index (χ0) is 22.4. The van der Waals surface area contributed by atoms with Crippen LogP contribution in [-0.4, -0.2) is 25.5 Å². The third-order valence-electron chi connectivity index (χ3n) is 5.38. The summed E-state index contributed by atoms with van der Waals surface area (Å²) in [5.41, 5.74) is 1.28. The van der Waals surface area contributed by atoms with Gasteiger partial charge in [-0.3, -0.25) is 18.5 Å². The van der Waals surface area contributed by atoms with Crippen LogP contribution in [0.5, 0.6) is 17.5 Å². The molecule has 0 unspecified atom stereocenters. The number of nitrogens with zero attached hydrogens (tertiary/aromatic N) is 4. The van der Waals surface area contributed by atoms with E-state index < -0.39 is 11.2 Å². The highest BCUT2D eigenvalue weighted by Crippen LogP contribution is 2.32. The van der Waals surface area contributed by atoms with Gasteiger partial charge in [0.05, 0.1) is 6.54 Å². The Kier molecular flexibility index (Phi) is 4.90. The molecule has 3 heterocycles. The van der Waals surface area contributed by atoms with Gasteiger partial charge in [0.25, 0.3) is 11.6 Å². The molecule has 32 heavy (non-hydrogen) atoms. The summed E-state index contributed by atoms with van der Waals surface area (Å²) in [6, 6.07) is 12.7. The van der Waals surface area contributed by atoms with E-state index in [1.165, 1.54) is 9.13 Å². The molecular weight excluding hydrogens is 436 g/mol. The molecular formula is C22H19ClN4O5. The Morgan fingerprint density at radius 2 is 1.72 bits per heavy atom. The largest absolute Gasteiger partial charge is 0.460 e. The van der Waals surface area contributed by atoms with Gasteiger partial charge in [-0.1, -0.05) is 29.8 Å². The van der Waals surface area contributed by atoms with E-state index in [0.717, 1.165) is 11.1 Å². The second-order valence-corrected chi connectivity index (χ2v) is 7.90. The maximum Gasteiger partial charge on any atom is 0.332 e. The van der Waals surface area contributed by atoms with E-state index in [-0.39, 0.29) is 37.1 Å². The van der Waals surface area contributed by atoms with Crippen LogP contribution >= 0.6 is 11.6 Å². The van der Waals surface area contributed by atoms with E-state index in [9.17, 15) is 9.59 Å². The lowest BCUT2D eigenvalue weighted by Gasteiger charge is -2.09. The molecule has 0 fully saturated rings. The minimum absolute atomic E-state index is 0.122. The molecule has 0 aliphatic carbocycles. The molecule has 0 bridgehead atoms. The van der Waals surface area contributed by atoms with Gasteiger partial charge in [0.2, 0.25) is 6.79 Å². The molecule has 0 N–H and O–H groups in total. The Balaban J connectivity index is 1.49. The molecule has 0 saturated carbocycles. The van der Waals surface area contributed by atoms with Crippen molar-refractivity contribution in [2.24, 2.45) is 14.1 Å². The first-order valence-electron chi connectivity index (χ1n) is 9.84. The molecule has 2 aromatic carbocycles. The van der Waals surface area contributed by atoms with Crippen LogP contribution in [0.4, 0.5) is 0 Å². The van der Waals surface area contributed by atoms with Crippen molar-refractivity contribution in [3.05, 3.63) is 79.5 Å². The number of benzene rings is 2. The van der Waals surface area contributed by atoms with Crippen molar-refractivity contribution in [2.75, 3.05) is 6.79 Å². The highest BCUT2D eigenvalue weighted by molar-refractivity contribution is 6.30. The number of fused-ring (bicyclic) bond motifs is 2. The smallest absolute Gasteiger partial charge is 0.332 e. The fourth-order valence-electron chi connectivity index (χ4n) is 3.64. The molecule has 5 rings (SSSR count). The summed E-state index contributed by atoms with van der Waals surface area (Å²) in [4.78, 5) is 30.5. The number of aryl methyl sites for hydroxylation is 2. The lowest BCUT2D eigenvalue weighted by atomic mass is 10.2. The van der Waals surface area contributed by atoms with Gasteiger partial charge in [-0.25, -0.2) is 4.79 Å². The number of halogens is 1. The summed E-state index contributed by atoms with van der Waals surface area (Å²) in [6.45, 7) is 0.526. The second kappa shape index (κ2) is 7.76. The Labute approximate surface area is 187 Å². The SMILES string of the molecule is Cn1c(OCc2ccc3c(c2)OCO3)nc2c1c(=O)n(Cc1ccc(Cl)cc1)c(=O)n2C. The minimum atomic E-state index is -0.460. The average Bonchev–Trinajstić information content (AvgIpc) is 3.39. The van der Waals surface area contributed by atoms with Crippen molar-refractivity contribution in [1.82, 2.24) is 18.7 Å². The molecule has 0 atom stereocenters. The highest BCUT2D eigenvalue weighted by atomic mass is 35.5. The number of hydrogen-bond acceptors (Lipinski definition) is 6. The fourth-order valence-corrected chi connectivity index (χ4v) is 3.77. The molecule has 1 aliphatic heterocycles. The van der Waals surface area contributed by atoms with E-state index in [1.807, 2.05) is 18.2 Å². The summed E-state index contributed by atoms with van der Waals surface area (Å²) < 4.78 is 20.7. The van der Waals surface area contributed by atoms with Crippen LogP contribution in [0, 0.1) is 0 Å². The zero-order valence-corrected chi connectivity index (χ0v) is 18.1. The average molecular weight is 455 g/mol. The number of hydrogen-bond donors (Lipinski definition) is 0. The summed E-state index contributed by atoms with van der Waals surface area (Å²) >= 11 is 5.93. The maximum atomic E-state index is 13.2. The monoisotopic (exact) mass is 454 g/mol. The Morgan fingerprint density at radius 1 is 1.00 bits per heavy atom. The molecule has 0 spiro atoms. The quantitative estimate of drug-likeness (QED) is 0.460. The summed E-state index contributed by atoms with van der Waals surface area (Å²) in [7, 11) is 3.26. The van der Waals surface area contributed by atoms with Crippen LogP contribution in [0.2, 0.25) is 5.02 Å². The van der Waals surface area contributed by atoms with Crippen LogP contribution in [0.3, 0.4) is 0 Å². The first kappa shape index (κ1) is 20.2. The predicted molar refractivity (Wildman–Crippen MR) is 118 cm³/mol. The molecule has 0 radical (unpaired) electrons. The van der Waals surface area contributed by atoms with Gasteiger partial charge in [-0.15, -0.1) is 0 Å². The summed E-state index contributed by atoms with van der Waals surface area (Å²) in [5, 5.41) is 0.584. The number of rotatable bonds is 5. The second-order valence-electron chi connectivity index (χ2n) is 7.46. The molecule has 4 aromatic rings. The van der Waals surface area contributed by atoms with E-state index in [4.69, 9.17) is 25.8 Å². The van der Waals surface area contributed by atoms with Crippen LogP contribution < -0.4 is 25.5 Å². The van der Waals surface area contributed by atoms with Gasteiger partial charge >= 0.3 is 5.69 Å². The molecule has 0 amide bonds. The standard InChI is InChI=1S/C22H19ClN4O5/c1-25-18-19(24-21(25)30-11-14-5-8-16-17(9-14)32-12-31-16)26(2)22(29)27(20(18)28)10-13-3-6-15(23)7-4-13/h3-9H,10-12H2,1-2H3. The van der Waals surface area contributed by atoms with E-state index in [1.54, 1.807) is 42.9 Å². The fraction of sp³-hybridized carbons (Fsp3) is 0.227. The Bertz CT molecular complexity index is 1450. The van der Waals surface area contributed by atoms with Crippen molar-refractivity contribution >= 4 is 22.8 Å². The Morgan fingerprint density at radius 3 is 2.50 bits per heavy atom. The molecule has 164 valence electrons. The van der Waals surface area contributed by atoms with E-state index in [2.05, 4.69) is 4.98 Å². The highest BCUT2D eigenvalue weighted by Gasteiger charge is 2.20. The van der Waals surface area contributed by atoms with Crippen LogP contribution in [0.1, 0.15) is 11.1 Å². The molecule has 9 nitrogen and oxygen atoms in total. The van der Waals surface area contributed by atoms with Crippen molar-refractivity contribution in [1.29, 1.82) is 0 Å². The third kappa shape index (κ3) is 3.40. The van der Waals surface area contributed by atoms with Crippen molar-refractivity contribution < 1.29 is 14.2 Å². The summed E-state index contributed by atoms with van der Waals surface area (Å²) in [6.07, 6.45) is 0. The lowest BCUT2D eigenvalue weighted by molar-refractivity contribution is 0.174. The van der Waals surface area contributed by atoms with E-state index >= 15 is 0 Å². The van der Waals surface area contributed by atoms with Crippen LogP contribution in [0.15, 0.2) is 52.1 Å². The maximum absolute atomic E-state index is 13.2.